The molecule has 0 atom stereocenters. The molecular weight excluding hydrogens is 332 g/mol. The first-order valence-corrected chi connectivity index (χ1v) is 10.6. The smallest absolute Gasteiger partial charge is 0.307 e. The number of ether oxygens (including phenoxy) is 1. The van der Waals surface area contributed by atoms with Gasteiger partial charge in [0.1, 0.15) is 0 Å². The Morgan fingerprint density at radius 1 is 0.815 bits per heavy atom. The Morgan fingerprint density at radius 2 is 1.30 bits per heavy atom. The molecule has 2 nitrogen and oxygen atoms in total. The van der Waals surface area contributed by atoms with Crippen molar-refractivity contribution < 1.29 is 9.53 Å². The van der Waals surface area contributed by atoms with Gasteiger partial charge in [0.15, 0.2) is 6.10 Å². The number of hydrogen-bond donors (Lipinski definition) is 0. The molecule has 4 fully saturated rings. The number of hydrogen-bond acceptors (Lipinski definition) is 2. The van der Waals surface area contributed by atoms with Crippen molar-refractivity contribution in [2.45, 2.75) is 51.0 Å². The molecule has 0 unspecified atom stereocenters. The number of carbonyl (C=O) groups is 1. The standard InChI is InChI=1S/C25H26O2/c26-23(15-25-12-16-9-17(13-25)11-18(10-16)14-25)27-24-21-7-3-1-5-19(21)20-6-2-4-8-22(20)24/h1-8,16-18,24H,9-15H2. The predicted octanol–water partition coefficient (Wildman–Crippen LogP) is 5.91. The molecule has 5 aliphatic rings. The molecule has 138 valence electrons. The highest BCUT2D eigenvalue weighted by Crippen LogP contribution is 2.61. The van der Waals surface area contributed by atoms with Gasteiger partial charge in [-0.3, -0.25) is 4.79 Å². The van der Waals surface area contributed by atoms with E-state index in [2.05, 4.69) is 36.4 Å². The van der Waals surface area contributed by atoms with Crippen LogP contribution in [0.25, 0.3) is 11.1 Å². The molecule has 5 aliphatic carbocycles. The number of benzene rings is 2. The second-order valence-corrected chi connectivity index (χ2v) is 9.64. The molecule has 0 N–H and O–H groups in total. The quantitative estimate of drug-likeness (QED) is 0.638. The van der Waals surface area contributed by atoms with Gasteiger partial charge in [0, 0.05) is 11.1 Å². The molecule has 2 aromatic rings. The average Bonchev–Trinajstić information content (AvgIpc) is 2.94. The molecule has 4 saturated carbocycles. The molecule has 0 amide bonds. The first kappa shape index (κ1) is 15.9. The molecule has 2 heteroatoms. The van der Waals surface area contributed by atoms with Gasteiger partial charge in [-0.2, -0.15) is 0 Å². The van der Waals surface area contributed by atoms with Crippen LogP contribution >= 0.6 is 0 Å². The van der Waals surface area contributed by atoms with Crippen molar-refractivity contribution >= 4 is 5.97 Å². The summed E-state index contributed by atoms with van der Waals surface area (Å²) in [6, 6.07) is 16.7. The predicted molar refractivity (Wildman–Crippen MR) is 105 cm³/mol. The van der Waals surface area contributed by atoms with Gasteiger partial charge in [-0.25, -0.2) is 0 Å². The SMILES string of the molecule is O=C(CC12CC3CC(CC(C3)C1)C2)OC1c2ccccc2-c2ccccc21. The first-order valence-electron chi connectivity index (χ1n) is 10.6. The summed E-state index contributed by atoms with van der Waals surface area (Å²) in [6.07, 6.45) is 8.40. The third-order valence-electron chi connectivity index (χ3n) is 7.71. The molecule has 0 saturated heterocycles. The van der Waals surface area contributed by atoms with E-state index in [0.29, 0.717) is 6.42 Å². The van der Waals surface area contributed by atoms with Crippen LogP contribution in [-0.2, 0) is 9.53 Å². The summed E-state index contributed by atoms with van der Waals surface area (Å²) in [7, 11) is 0. The van der Waals surface area contributed by atoms with Gasteiger partial charge in [0.25, 0.3) is 0 Å². The van der Waals surface area contributed by atoms with Crippen LogP contribution in [0.2, 0.25) is 0 Å². The largest absolute Gasteiger partial charge is 0.452 e. The Bertz CT molecular complexity index is 831. The monoisotopic (exact) mass is 358 g/mol. The van der Waals surface area contributed by atoms with Gasteiger partial charge in [-0.15, -0.1) is 0 Å². The Labute approximate surface area is 160 Å². The van der Waals surface area contributed by atoms with E-state index < -0.39 is 0 Å². The van der Waals surface area contributed by atoms with Gasteiger partial charge in [0.05, 0.1) is 6.42 Å². The minimum atomic E-state index is -0.237. The van der Waals surface area contributed by atoms with Gasteiger partial charge in [0.2, 0.25) is 0 Å². The minimum Gasteiger partial charge on any atom is -0.452 e. The number of carbonyl (C=O) groups excluding carboxylic acids is 1. The summed E-state index contributed by atoms with van der Waals surface area (Å²) in [6.45, 7) is 0. The van der Waals surface area contributed by atoms with Crippen LogP contribution in [0.1, 0.15) is 62.2 Å². The Morgan fingerprint density at radius 3 is 1.81 bits per heavy atom. The van der Waals surface area contributed by atoms with Gasteiger partial charge >= 0.3 is 5.97 Å². The average molecular weight is 358 g/mol. The van der Waals surface area contributed by atoms with E-state index in [1.54, 1.807) is 0 Å². The zero-order valence-electron chi connectivity index (χ0n) is 15.7. The van der Waals surface area contributed by atoms with Crippen LogP contribution in [0.3, 0.4) is 0 Å². The van der Waals surface area contributed by atoms with Crippen molar-refractivity contribution in [3.63, 3.8) is 0 Å². The Kier molecular flexibility index (Phi) is 3.36. The summed E-state index contributed by atoms with van der Waals surface area (Å²) < 4.78 is 6.16. The summed E-state index contributed by atoms with van der Waals surface area (Å²) in [5.74, 6) is 2.62. The maximum atomic E-state index is 13.1. The lowest BCUT2D eigenvalue weighted by Crippen LogP contribution is -2.47. The van der Waals surface area contributed by atoms with Crippen LogP contribution < -0.4 is 0 Å². The third kappa shape index (κ3) is 2.49. The topological polar surface area (TPSA) is 26.3 Å². The van der Waals surface area contributed by atoms with E-state index >= 15 is 0 Å². The van der Waals surface area contributed by atoms with Crippen molar-refractivity contribution in [3.8, 4) is 11.1 Å². The molecule has 0 radical (unpaired) electrons. The first-order chi connectivity index (χ1) is 13.2. The van der Waals surface area contributed by atoms with Crippen molar-refractivity contribution in [2.24, 2.45) is 23.2 Å². The molecule has 0 aromatic heterocycles. The lowest BCUT2D eigenvalue weighted by atomic mass is 9.49. The molecule has 0 aliphatic heterocycles. The summed E-state index contributed by atoms with van der Waals surface area (Å²) in [4.78, 5) is 13.1. The number of fused-ring (bicyclic) bond motifs is 3. The minimum absolute atomic E-state index is 0.00783. The summed E-state index contributed by atoms with van der Waals surface area (Å²) in [5.41, 5.74) is 4.93. The maximum Gasteiger partial charge on any atom is 0.307 e. The van der Waals surface area contributed by atoms with Crippen molar-refractivity contribution in [3.05, 3.63) is 59.7 Å². The van der Waals surface area contributed by atoms with E-state index in [0.717, 1.165) is 28.9 Å². The molecule has 0 spiro atoms. The highest BCUT2D eigenvalue weighted by atomic mass is 16.5. The van der Waals surface area contributed by atoms with Crippen molar-refractivity contribution in [1.82, 2.24) is 0 Å². The highest BCUT2D eigenvalue weighted by molar-refractivity contribution is 5.80. The van der Waals surface area contributed by atoms with E-state index in [-0.39, 0.29) is 17.5 Å². The molecule has 7 rings (SSSR count). The van der Waals surface area contributed by atoms with Crippen LogP contribution in [0, 0.1) is 23.2 Å². The normalized spacial score (nSPS) is 33.0. The maximum absolute atomic E-state index is 13.1. The zero-order valence-corrected chi connectivity index (χ0v) is 15.7. The Balaban J connectivity index is 1.26. The van der Waals surface area contributed by atoms with Crippen molar-refractivity contribution in [2.75, 3.05) is 0 Å². The van der Waals surface area contributed by atoms with Gasteiger partial charge in [-0.05, 0) is 72.8 Å². The highest BCUT2D eigenvalue weighted by Gasteiger charge is 2.52. The lowest BCUT2D eigenvalue weighted by Gasteiger charge is -2.56. The second-order valence-electron chi connectivity index (χ2n) is 9.64. The van der Waals surface area contributed by atoms with Gasteiger partial charge in [-0.1, -0.05) is 48.5 Å². The fourth-order valence-electron chi connectivity index (χ4n) is 7.22. The number of rotatable bonds is 3. The van der Waals surface area contributed by atoms with E-state index in [9.17, 15) is 4.79 Å². The van der Waals surface area contributed by atoms with E-state index in [4.69, 9.17) is 4.74 Å². The fraction of sp³-hybridized carbons (Fsp3) is 0.480. The van der Waals surface area contributed by atoms with E-state index in [1.807, 2.05) is 12.1 Å². The zero-order chi connectivity index (χ0) is 18.0. The molecular formula is C25H26O2. The van der Waals surface area contributed by atoms with Crippen LogP contribution in [-0.4, -0.2) is 5.97 Å². The fourth-order valence-corrected chi connectivity index (χ4v) is 7.22. The second kappa shape index (κ2) is 5.70. The number of esters is 1. The van der Waals surface area contributed by atoms with E-state index in [1.165, 1.54) is 49.7 Å². The van der Waals surface area contributed by atoms with Gasteiger partial charge < -0.3 is 4.74 Å². The molecule has 27 heavy (non-hydrogen) atoms. The molecule has 0 heterocycles. The van der Waals surface area contributed by atoms with Crippen molar-refractivity contribution in [1.29, 1.82) is 0 Å². The summed E-state index contributed by atoms with van der Waals surface area (Å²) >= 11 is 0. The van der Waals surface area contributed by atoms with Crippen LogP contribution in [0.5, 0.6) is 0 Å². The lowest BCUT2D eigenvalue weighted by molar-refractivity contribution is -0.155. The van der Waals surface area contributed by atoms with Crippen LogP contribution in [0.4, 0.5) is 0 Å². The van der Waals surface area contributed by atoms with Crippen LogP contribution in [0.15, 0.2) is 48.5 Å². The molecule has 4 bridgehead atoms. The third-order valence-corrected chi connectivity index (χ3v) is 7.71. The molecule has 2 aromatic carbocycles. The summed E-state index contributed by atoms with van der Waals surface area (Å²) in [5, 5.41) is 0. The Hall–Kier alpha value is -2.09.